The summed E-state index contributed by atoms with van der Waals surface area (Å²) >= 11 is 1.79. The molecular formula is C21H28N3OS+. The monoisotopic (exact) mass is 370 g/mol. The van der Waals surface area contributed by atoms with Crippen molar-refractivity contribution in [2.75, 3.05) is 19.6 Å². The molecule has 2 heterocycles. The van der Waals surface area contributed by atoms with E-state index in [4.69, 9.17) is 11.4 Å². The number of thiazole rings is 1. The van der Waals surface area contributed by atoms with Crippen LogP contribution in [0.15, 0.2) is 24.3 Å². The summed E-state index contributed by atoms with van der Waals surface area (Å²) in [7, 11) is 0. The smallest absolute Gasteiger partial charge is 0.276 e. The molecule has 1 aromatic heterocycles. The highest BCUT2D eigenvalue weighted by Gasteiger charge is 2.31. The normalized spacial score (nSPS) is 20.7. The Labute approximate surface area is 160 Å². The fourth-order valence-electron chi connectivity index (χ4n) is 3.79. The van der Waals surface area contributed by atoms with Crippen molar-refractivity contribution < 1.29 is 9.69 Å². The predicted molar refractivity (Wildman–Crippen MR) is 107 cm³/mol. The second-order valence-corrected chi connectivity index (χ2v) is 8.28. The van der Waals surface area contributed by atoms with Crippen molar-refractivity contribution in [2.45, 2.75) is 51.0 Å². The molecule has 3 rings (SSSR count). The Morgan fingerprint density at radius 3 is 2.88 bits per heavy atom. The van der Waals surface area contributed by atoms with E-state index in [9.17, 15) is 4.79 Å². The van der Waals surface area contributed by atoms with Crippen LogP contribution in [0.4, 0.5) is 0 Å². The number of carbonyl (C=O) groups is 1. The summed E-state index contributed by atoms with van der Waals surface area (Å²) in [4.78, 5) is 18.7. The first-order valence-electron chi connectivity index (χ1n) is 9.57. The standard InChI is InChI=1S/C21H27N3OS/c1-4-21(5-2,6-3)23-19(25)15-24-13-9-10-16(14-24)20-22-17-11-7-8-12-18(17)26-20/h1,7-8,11-12,16H,5-6,9-10,13-15H2,2-3H3,(H,23,25)/p+1/t16-/m1/s1. The maximum absolute atomic E-state index is 12.5. The van der Waals surface area contributed by atoms with Crippen LogP contribution in [0.1, 0.15) is 50.5 Å². The molecule has 26 heavy (non-hydrogen) atoms. The van der Waals surface area contributed by atoms with Crippen LogP contribution < -0.4 is 10.2 Å². The summed E-state index contributed by atoms with van der Waals surface area (Å²) in [5, 5.41) is 4.31. The molecule has 2 aromatic rings. The summed E-state index contributed by atoms with van der Waals surface area (Å²) in [6.45, 7) is 6.55. The van der Waals surface area contributed by atoms with Crippen molar-refractivity contribution >= 4 is 27.5 Å². The van der Waals surface area contributed by atoms with Gasteiger partial charge in [-0.05, 0) is 37.8 Å². The van der Waals surface area contributed by atoms with Crippen molar-refractivity contribution in [3.8, 4) is 12.3 Å². The number of quaternary nitrogens is 1. The van der Waals surface area contributed by atoms with Crippen LogP contribution in [0.5, 0.6) is 0 Å². The van der Waals surface area contributed by atoms with Gasteiger partial charge >= 0.3 is 0 Å². The van der Waals surface area contributed by atoms with E-state index >= 15 is 0 Å². The van der Waals surface area contributed by atoms with Crippen molar-refractivity contribution in [2.24, 2.45) is 0 Å². The maximum Gasteiger partial charge on any atom is 0.276 e. The van der Waals surface area contributed by atoms with Gasteiger partial charge in [0.1, 0.15) is 10.5 Å². The molecule has 1 amide bonds. The van der Waals surface area contributed by atoms with Gasteiger partial charge in [0.15, 0.2) is 6.54 Å². The number of para-hydroxylation sites is 1. The lowest BCUT2D eigenvalue weighted by molar-refractivity contribution is -0.898. The number of amides is 1. The van der Waals surface area contributed by atoms with Crippen LogP contribution in [-0.2, 0) is 4.79 Å². The number of aromatic nitrogens is 1. The van der Waals surface area contributed by atoms with E-state index < -0.39 is 5.54 Å². The number of nitrogens with one attached hydrogen (secondary N) is 2. The zero-order valence-electron chi connectivity index (χ0n) is 15.7. The predicted octanol–water partition coefficient (Wildman–Crippen LogP) is 2.37. The van der Waals surface area contributed by atoms with E-state index in [0.717, 1.165) is 44.3 Å². The van der Waals surface area contributed by atoms with E-state index in [2.05, 4.69) is 29.4 Å². The number of terminal acetylenes is 1. The first-order chi connectivity index (χ1) is 12.6. The van der Waals surface area contributed by atoms with Gasteiger partial charge in [0.25, 0.3) is 5.91 Å². The highest BCUT2D eigenvalue weighted by molar-refractivity contribution is 7.18. The lowest BCUT2D eigenvalue weighted by atomic mass is 9.94. The molecule has 138 valence electrons. The molecule has 1 saturated heterocycles. The first-order valence-corrected chi connectivity index (χ1v) is 10.4. The van der Waals surface area contributed by atoms with Crippen LogP contribution in [-0.4, -0.2) is 36.1 Å². The van der Waals surface area contributed by atoms with Gasteiger partial charge in [0.05, 0.1) is 29.2 Å². The molecule has 0 radical (unpaired) electrons. The molecule has 0 spiro atoms. The molecule has 0 saturated carbocycles. The Hall–Kier alpha value is -1.90. The van der Waals surface area contributed by atoms with Gasteiger partial charge in [0, 0.05) is 0 Å². The second kappa shape index (κ2) is 8.20. The fraction of sp³-hybridized carbons (Fsp3) is 0.524. The quantitative estimate of drug-likeness (QED) is 0.767. The van der Waals surface area contributed by atoms with Crippen molar-refractivity contribution in [1.29, 1.82) is 0 Å². The highest BCUT2D eigenvalue weighted by Crippen LogP contribution is 2.30. The number of hydrogen-bond acceptors (Lipinski definition) is 3. The number of piperidine rings is 1. The zero-order chi connectivity index (χ0) is 18.6. The maximum atomic E-state index is 12.5. The molecule has 1 aliphatic heterocycles. The van der Waals surface area contributed by atoms with Crippen molar-refractivity contribution in [3.05, 3.63) is 29.3 Å². The highest BCUT2D eigenvalue weighted by atomic mass is 32.1. The van der Waals surface area contributed by atoms with Gasteiger partial charge in [-0.15, -0.1) is 17.8 Å². The largest absolute Gasteiger partial charge is 0.335 e. The Kier molecular flexibility index (Phi) is 5.95. The van der Waals surface area contributed by atoms with Gasteiger partial charge in [-0.25, -0.2) is 4.98 Å². The van der Waals surface area contributed by atoms with E-state index in [1.54, 1.807) is 11.3 Å². The van der Waals surface area contributed by atoms with E-state index in [0.29, 0.717) is 12.5 Å². The minimum atomic E-state index is -0.501. The Balaban J connectivity index is 1.63. The number of likely N-dealkylation sites (tertiary alicyclic amines) is 1. The van der Waals surface area contributed by atoms with Crippen LogP contribution >= 0.6 is 11.3 Å². The average molecular weight is 371 g/mol. The van der Waals surface area contributed by atoms with Crippen LogP contribution in [0.2, 0.25) is 0 Å². The van der Waals surface area contributed by atoms with Crippen LogP contribution in [0.3, 0.4) is 0 Å². The van der Waals surface area contributed by atoms with Gasteiger partial charge in [0.2, 0.25) is 0 Å². The molecule has 1 aliphatic rings. The molecule has 1 unspecified atom stereocenters. The van der Waals surface area contributed by atoms with E-state index in [-0.39, 0.29) is 5.91 Å². The first kappa shape index (κ1) is 18.9. The SMILES string of the molecule is C#CC(CC)(CC)NC(=O)C[NH+]1CCC[C@@H](c2nc3ccccc3s2)C1. The lowest BCUT2D eigenvalue weighted by Crippen LogP contribution is -3.14. The number of fused-ring (bicyclic) bond motifs is 1. The summed E-state index contributed by atoms with van der Waals surface area (Å²) in [5.74, 6) is 3.29. The number of carbonyl (C=O) groups excluding carboxylic acids is 1. The topological polar surface area (TPSA) is 46.4 Å². The van der Waals surface area contributed by atoms with E-state index in [1.165, 1.54) is 14.6 Å². The molecule has 1 aromatic carbocycles. The van der Waals surface area contributed by atoms with Crippen LogP contribution in [0.25, 0.3) is 10.2 Å². The molecule has 5 heteroatoms. The van der Waals surface area contributed by atoms with Gasteiger partial charge in [-0.1, -0.05) is 31.9 Å². The van der Waals surface area contributed by atoms with Gasteiger partial charge < -0.3 is 10.2 Å². The second-order valence-electron chi connectivity index (χ2n) is 7.22. The summed E-state index contributed by atoms with van der Waals surface area (Å²) in [6.07, 6.45) is 9.47. The minimum Gasteiger partial charge on any atom is -0.335 e. The Bertz CT molecular complexity index is 770. The third kappa shape index (κ3) is 4.08. The van der Waals surface area contributed by atoms with Gasteiger partial charge in [-0.3, -0.25) is 4.79 Å². The van der Waals surface area contributed by atoms with Crippen LogP contribution in [0, 0.1) is 12.3 Å². The fourth-order valence-corrected chi connectivity index (χ4v) is 4.89. The Morgan fingerprint density at radius 1 is 1.42 bits per heavy atom. The Morgan fingerprint density at radius 2 is 2.19 bits per heavy atom. The number of hydrogen-bond donors (Lipinski definition) is 2. The molecular weight excluding hydrogens is 342 g/mol. The zero-order valence-corrected chi connectivity index (χ0v) is 16.5. The van der Waals surface area contributed by atoms with Crippen molar-refractivity contribution in [3.63, 3.8) is 0 Å². The summed E-state index contributed by atoms with van der Waals surface area (Å²) in [6, 6.07) is 8.30. The number of rotatable bonds is 6. The van der Waals surface area contributed by atoms with E-state index in [1.807, 2.05) is 19.9 Å². The number of nitrogens with zero attached hydrogens (tertiary/aromatic N) is 1. The molecule has 0 bridgehead atoms. The molecule has 4 nitrogen and oxygen atoms in total. The third-order valence-electron chi connectivity index (χ3n) is 5.55. The molecule has 1 fully saturated rings. The molecule has 2 N–H and O–H groups in total. The van der Waals surface area contributed by atoms with Crippen molar-refractivity contribution in [1.82, 2.24) is 10.3 Å². The third-order valence-corrected chi connectivity index (χ3v) is 6.75. The summed E-state index contributed by atoms with van der Waals surface area (Å²) in [5.41, 5.74) is 0.584. The molecule has 0 aliphatic carbocycles. The average Bonchev–Trinajstić information content (AvgIpc) is 3.11. The lowest BCUT2D eigenvalue weighted by Gasteiger charge is -2.31. The number of benzene rings is 1. The minimum absolute atomic E-state index is 0.0617. The molecule has 2 atom stereocenters. The van der Waals surface area contributed by atoms with Gasteiger partial charge in [-0.2, -0.15) is 0 Å². The summed E-state index contributed by atoms with van der Waals surface area (Å²) < 4.78 is 1.25.